The molecule has 0 spiro atoms. The highest BCUT2D eigenvalue weighted by Crippen LogP contribution is 2.35. The number of alkyl halides is 3. The van der Waals surface area contributed by atoms with Gasteiger partial charge in [0, 0.05) is 24.7 Å². The molecule has 3 aromatic carbocycles. The van der Waals surface area contributed by atoms with E-state index in [2.05, 4.69) is 10.3 Å². The molecule has 2 N–H and O–H groups in total. The fraction of sp³-hybridized carbons (Fsp3) is 0.167. The SMILES string of the molecule is Cn1c(Oc2cccc(C(F)(F)F)c2)nc2c(-c3cccc(C(=O)NCCO)c3)cccc21. The maximum atomic E-state index is 13.0. The molecule has 0 radical (unpaired) electrons. The van der Waals surface area contributed by atoms with Crippen LogP contribution in [-0.2, 0) is 13.2 Å². The van der Waals surface area contributed by atoms with Crippen LogP contribution < -0.4 is 10.1 Å². The van der Waals surface area contributed by atoms with Gasteiger partial charge in [0.15, 0.2) is 0 Å². The number of carbonyl (C=O) groups is 1. The summed E-state index contributed by atoms with van der Waals surface area (Å²) < 4.78 is 46.4. The highest BCUT2D eigenvalue weighted by Gasteiger charge is 2.30. The van der Waals surface area contributed by atoms with Crippen LogP contribution in [0.25, 0.3) is 22.2 Å². The van der Waals surface area contributed by atoms with E-state index in [9.17, 15) is 18.0 Å². The molecule has 1 heterocycles. The van der Waals surface area contributed by atoms with Crippen LogP contribution in [-0.4, -0.2) is 33.7 Å². The molecule has 0 aliphatic carbocycles. The summed E-state index contributed by atoms with van der Waals surface area (Å²) in [5.41, 5.74) is 2.38. The number of aryl methyl sites for hydroxylation is 1. The van der Waals surface area contributed by atoms with Crippen molar-refractivity contribution in [1.29, 1.82) is 0 Å². The summed E-state index contributed by atoms with van der Waals surface area (Å²) in [4.78, 5) is 16.8. The van der Waals surface area contributed by atoms with E-state index < -0.39 is 11.7 Å². The van der Waals surface area contributed by atoms with Gasteiger partial charge in [-0.2, -0.15) is 18.2 Å². The van der Waals surface area contributed by atoms with Gasteiger partial charge in [0.1, 0.15) is 11.3 Å². The largest absolute Gasteiger partial charge is 0.425 e. The van der Waals surface area contributed by atoms with E-state index in [0.29, 0.717) is 16.6 Å². The number of ether oxygens (including phenoxy) is 1. The zero-order chi connectivity index (χ0) is 23.6. The second kappa shape index (κ2) is 8.95. The zero-order valence-corrected chi connectivity index (χ0v) is 17.6. The number of fused-ring (bicyclic) bond motifs is 1. The van der Waals surface area contributed by atoms with Gasteiger partial charge >= 0.3 is 12.2 Å². The summed E-state index contributed by atoms with van der Waals surface area (Å²) in [7, 11) is 1.71. The number of aliphatic hydroxyl groups excluding tert-OH is 1. The van der Waals surface area contributed by atoms with E-state index in [4.69, 9.17) is 9.84 Å². The van der Waals surface area contributed by atoms with Gasteiger partial charge in [0.2, 0.25) is 0 Å². The van der Waals surface area contributed by atoms with Crippen LogP contribution in [0.2, 0.25) is 0 Å². The zero-order valence-electron chi connectivity index (χ0n) is 17.6. The molecule has 4 aromatic rings. The fourth-order valence-electron chi connectivity index (χ4n) is 3.46. The summed E-state index contributed by atoms with van der Waals surface area (Å²) in [6, 6.07) is 17.2. The Morgan fingerprint density at radius 2 is 1.85 bits per heavy atom. The van der Waals surface area contributed by atoms with E-state index >= 15 is 0 Å². The lowest BCUT2D eigenvalue weighted by molar-refractivity contribution is -0.137. The quantitative estimate of drug-likeness (QED) is 0.439. The van der Waals surface area contributed by atoms with Crippen molar-refractivity contribution < 1.29 is 27.8 Å². The van der Waals surface area contributed by atoms with Gasteiger partial charge in [0.05, 0.1) is 17.7 Å². The first-order valence-corrected chi connectivity index (χ1v) is 10.1. The molecule has 0 aliphatic rings. The lowest BCUT2D eigenvalue weighted by Crippen LogP contribution is -2.26. The Morgan fingerprint density at radius 1 is 1.09 bits per heavy atom. The lowest BCUT2D eigenvalue weighted by Gasteiger charge is -2.09. The Morgan fingerprint density at radius 3 is 2.61 bits per heavy atom. The Labute approximate surface area is 187 Å². The average Bonchev–Trinajstić information content (AvgIpc) is 3.12. The Kier molecular flexibility index (Phi) is 6.06. The number of hydrogen-bond acceptors (Lipinski definition) is 4. The van der Waals surface area contributed by atoms with Crippen LogP contribution in [0.5, 0.6) is 11.8 Å². The predicted molar refractivity (Wildman–Crippen MR) is 117 cm³/mol. The van der Waals surface area contributed by atoms with Gasteiger partial charge in [0.25, 0.3) is 5.91 Å². The van der Waals surface area contributed by atoms with Crippen molar-refractivity contribution in [1.82, 2.24) is 14.9 Å². The summed E-state index contributed by atoms with van der Waals surface area (Å²) >= 11 is 0. The molecule has 33 heavy (non-hydrogen) atoms. The number of imidazole rings is 1. The normalized spacial score (nSPS) is 11.5. The molecule has 4 rings (SSSR count). The number of rotatable bonds is 6. The molecule has 6 nitrogen and oxygen atoms in total. The number of halogens is 3. The van der Waals surface area contributed by atoms with Crippen LogP contribution in [0.3, 0.4) is 0 Å². The first-order chi connectivity index (χ1) is 15.8. The van der Waals surface area contributed by atoms with Crippen LogP contribution in [0.1, 0.15) is 15.9 Å². The highest BCUT2D eigenvalue weighted by molar-refractivity contribution is 5.98. The van der Waals surface area contributed by atoms with Crippen LogP contribution in [0, 0.1) is 0 Å². The van der Waals surface area contributed by atoms with Gasteiger partial charge in [-0.1, -0.05) is 30.3 Å². The van der Waals surface area contributed by atoms with Crippen molar-refractivity contribution in [3.63, 3.8) is 0 Å². The standard InChI is InChI=1S/C24H20F3N3O3/c1-30-20-10-4-9-19(15-5-2-6-16(13-15)22(32)28-11-12-31)21(20)29-23(30)33-18-8-3-7-17(14-18)24(25,26)27/h2-10,13-14,31H,11-12H2,1H3,(H,28,32). The van der Waals surface area contributed by atoms with Crippen molar-refractivity contribution in [3.8, 4) is 22.9 Å². The second-order valence-corrected chi connectivity index (χ2v) is 7.31. The van der Waals surface area contributed by atoms with Crippen molar-refractivity contribution in [3.05, 3.63) is 77.9 Å². The first-order valence-electron chi connectivity index (χ1n) is 10.1. The third kappa shape index (κ3) is 4.68. The number of hydrogen-bond donors (Lipinski definition) is 2. The molecule has 170 valence electrons. The first kappa shape index (κ1) is 22.3. The molecule has 1 aromatic heterocycles. The van der Waals surface area contributed by atoms with Gasteiger partial charge in [-0.25, -0.2) is 0 Å². The highest BCUT2D eigenvalue weighted by atomic mass is 19.4. The molecule has 9 heteroatoms. The topological polar surface area (TPSA) is 76.4 Å². The second-order valence-electron chi connectivity index (χ2n) is 7.31. The van der Waals surface area contributed by atoms with Crippen molar-refractivity contribution in [2.45, 2.75) is 6.18 Å². The predicted octanol–water partition coefficient (Wildman–Crippen LogP) is 4.77. The molecule has 0 bridgehead atoms. The molecular formula is C24H20F3N3O3. The number of amides is 1. The minimum Gasteiger partial charge on any atom is -0.425 e. The van der Waals surface area contributed by atoms with E-state index in [0.717, 1.165) is 23.3 Å². The Hall–Kier alpha value is -3.85. The van der Waals surface area contributed by atoms with Gasteiger partial charge in [-0.3, -0.25) is 9.36 Å². The van der Waals surface area contributed by atoms with E-state index in [1.54, 1.807) is 29.8 Å². The maximum absolute atomic E-state index is 13.0. The molecular weight excluding hydrogens is 435 g/mol. The third-order valence-corrected chi connectivity index (χ3v) is 5.07. The fourth-order valence-corrected chi connectivity index (χ4v) is 3.46. The number of aromatic nitrogens is 2. The molecule has 0 atom stereocenters. The number of aliphatic hydroxyl groups is 1. The minimum absolute atomic E-state index is 0.0207. The van der Waals surface area contributed by atoms with Crippen LogP contribution in [0.15, 0.2) is 66.7 Å². The Balaban J connectivity index is 1.71. The van der Waals surface area contributed by atoms with Crippen molar-refractivity contribution >= 4 is 16.9 Å². The van der Waals surface area contributed by atoms with E-state index in [1.165, 1.54) is 12.1 Å². The summed E-state index contributed by atoms with van der Waals surface area (Å²) in [5, 5.41) is 11.5. The number of nitrogens with zero attached hydrogens (tertiary/aromatic N) is 2. The van der Waals surface area contributed by atoms with Crippen molar-refractivity contribution in [2.75, 3.05) is 13.2 Å². The molecule has 1 amide bonds. The van der Waals surface area contributed by atoms with E-state index in [-0.39, 0.29) is 30.8 Å². The van der Waals surface area contributed by atoms with Gasteiger partial charge < -0.3 is 15.2 Å². The van der Waals surface area contributed by atoms with Crippen LogP contribution >= 0.6 is 0 Å². The molecule has 0 saturated carbocycles. The minimum atomic E-state index is -4.48. The molecule has 0 aliphatic heterocycles. The number of nitrogens with one attached hydrogen (secondary N) is 1. The van der Waals surface area contributed by atoms with Gasteiger partial charge in [-0.15, -0.1) is 0 Å². The maximum Gasteiger partial charge on any atom is 0.416 e. The number of para-hydroxylation sites is 1. The smallest absolute Gasteiger partial charge is 0.416 e. The summed E-state index contributed by atoms with van der Waals surface area (Å²) in [6.45, 7) is -0.0115. The average molecular weight is 455 g/mol. The summed E-state index contributed by atoms with van der Waals surface area (Å²) in [5.74, 6) is -0.292. The molecule has 0 fully saturated rings. The Bertz CT molecular complexity index is 1320. The number of benzene rings is 3. The van der Waals surface area contributed by atoms with Crippen molar-refractivity contribution in [2.24, 2.45) is 7.05 Å². The summed E-state index contributed by atoms with van der Waals surface area (Å²) in [6.07, 6.45) is -4.48. The van der Waals surface area contributed by atoms with E-state index in [1.807, 2.05) is 24.3 Å². The number of carbonyl (C=O) groups excluding carboxylic acids is 1. The lowest BCUT2D eigenvalue weighted by atomic mass is 10.0. The monoisotopic (exact) mass is 455 g/mol. The third-order valence-electron chi connectivity index (χ3n) is 5.07. The molecule has 0 saturated heterocycles. The molecule has 0 unspecified atom stereocenters. The van der Waals surface area contributed by atoms with Gasteiger partial charge in [-0.05, 0) is 42.0 Å². The van der Waals surface area contributed by atoms with Crippen LogP contribution in [0.4, 0.5) is 13.2 Å².